The molecule has 6 aromatic rings. The van der Waals surface area contributed by atoms with Crippen LogP contribution in [0.3, 0.4) is 0 Å². The van der Waals surface area contributed by atoms with Gasteiger partial charge in [0.25, 0.3) is 0 Å². The number of H-pyrrole nitrogens is 2. The SMILES string of the molecule is CCCC(=O)Nc1cc(CC)cc(-c2ccc3[nH]nc(-c4nc5c(-n6cnc(C)c6)cccc5[nH]4)c3c2)c1. The van der Waals surface area contributed by atoms with Gasteiger partial charge in [-0.05, 0) is 72.9 Å². The molecule has 3 heterocycles. The van der Waals surface area contributed by atoms with Crippen LogP contribution >= 0.6 is 0 Å². The third-order valence-electron chi connectivity index (χ3n) is 6.76. The van der Waals surface area contributed by atoms with Gasteiger partial charge in [0, 0.05) is 23.7 Å². The Balaban J connectivity index is 1.42. The van der Waals surface area contributed by atoms with Gasteiger partial charge in [-0.25, -0.2) is 9.97 Å². The van der Waals surface area contributed by atoms with Crippen LogP contribution in [0.4, 0.5) is 5.69 Å². The maximum atomic E-state index is 12.3. The second-order valence-corrected chi connectivity index (χ2v) is 9.58. The normalized spacial score (nSPS) is 11.4. The monoisotopic (exact) mass is 503 g/mol. The van der Waals surface area contributed by atoms with Crippen molar-refractivity contribution in [2.24, 2.45) is 0 Å². The lowest BCUT2D eigenvalue weighted by Crippen LogP contribution is -2.10. The zero-order chi connectivity index (χ0) is 26.2. The molecular formula is C30H29N7O. The van der Waals surface area contributed by atoms with Gasteiger partial charge < -0.3 is 14.9 Å². The first-order valence-electron chi connectivity index (χ1n) is 12.9. The molecule has 0 spiro atoms. The number of fused-ring (bicyclic) bond motifs is 2. The summed E-state index contributed by atoms with van der Waals surface area (Å²) in [7, 11) is 0. The number of rotatable bonds is 7. The fourth-order valence-electron chi connectivity index (χ4n) is 4.85. The van der Waals surface area contributed by atoms with Gasteiger partial charge in [-0.1, -0.05) is 32.0 Å². The summed E-state index contributed by atoms with van der Waals surface area (Å²) in [6, 6.07) is 18.6. The molecule has 0 saturated heterocycles. The molecule has 0 bridgehead atoms. The van der Waals surface area contributed by atoms with Crippen molar-refractivity contribution in [3.05, 3.63) is 78.4 Å². The number of carbonyl (C=O) groups is 1. The van der Waals surface area contributed by atoms with E-state index < -0.39 is 0 Å². The molecule has 0 unspecified atom stereocenters. The highest BCUT2D eigenvalue weighted by molar-refractivity contribution is 5.97. The average molecular weight is 504 g/mol. The number of benzene rings is 3. The second kappa shape index (κ2) is 9.63. The van der Waals surface area contributed by atoms with Crippen LogP contribution < -0.4 is 5.32 Å². The number of hydrogen-bond acceptors (Lipinski definition) is 4. The number of amides is 1. The number of nitrogens with one attached hydrogen (secondary N) is 3. The van der Waals surface area contributed by atoms with E-state index >= 15 is 0 Å². The van der Waals surface area contributed by atoms with E-state index in [1.165, 1.54) is 5.56 Å². The average Bonchev–Trinajstić information content (AvgIpc) is 3.65. The molecule has 0 aliphatic carbocycles. The first-order valence-corrected chi connectivity index (χ1v) is 12.9. The van der Waals surface area contributed by atoms with Crippen molar-refractivity contribution < 1.29 is 4.79 Å². The quantitative estimate of drug-likeness (QED) is 0.229. The molecule has 3 aromatic carbocycles. The number of para-hydroxylation sites is 1. The number of hydrogen-bond donors (Lipinski definition) is 3. The van der Waals surface area contributed by atoms with Crippen LogP contribution in [0.5, 0.6) is 0 Å². The van der Waals surface area contributed by atoms with E-state index in [0.717, 1.165) is 68.7 Å². The Hall–Kier alpha value is -4.72. The van der Waals surface area contributed by atoms with Gasteiger partial charge in [0.15, 0.2) is 5.82 Å². The first kappa shape index (κ1) is 23.7. The molecule has 38 heavy (non-hydrogen) atoms. The summed E-state index contributed by atoms with van der Waals surface area (Å²) in [4.78, 5) is 25.0. The van der Waals surface area contributed by atoms with Crippen LogP contribution in [0, 0.1) is 6.92 Å². The molecule has 0 aliphatic rings. The molecule has 0 atom stereocenters. The summed E-state index contributed by atoms with van der Waals surface area (Å²) < 4.78 is 1.99. The minimum absolute atomic E-state index is 0.0365. The van der Waals surface area contributed by atoms with Gasteiger partial charge in [-0.15, -0.1) is 0 Å². The van der Waals surface area contributed by atoms with E-state index in [9.17, 15) is 4.79 Å². The Bertz CT molecular complexity index is 1790. The van der Waals surface area contributed by atoms with Crippen LogP contribution in [-0.2, 0) is 11.2 Å². The largest absolute Gasteiger partial charge is 0.336 e. The van der Waals surface area contributed by atoms with Gasteiger partial charge in [-0.2, -0.15) is 5.10 Å². The van der Waals surface area contributed by atoms with Crippen LogP contribution in [0.2, 0.25) is 0 Å². The van der Waals surface area contributed by atoms with Gasteiger partial charge in [0.2, 0.25) is 5.91 Å². The standard InChI is InChI=1S/C30H29N7O/c1-4-7-27(38)32-22-13-19(5-2)12-21(14-22)20-10-11-24-23(15-20)28(36-35-24)30-33-25-8-6-9-26(29(25)34-30)37-16-18(3)31-17-37/h6,8-17H,4-5,7H2,1-3H3,(H,32,38)(H,33,34)(H,35,36). The maximum absolute atomic E-state index is 12.3. The number of carbonyl (C=O) groups excluding carboxylic acids is 1. The Morgan fingerprint density at radius 1 is 1.03 bits per heavy atom. The second-order valence-electron chi connectivity index (χ2n) is 9.58. The van der Waals surface area contributed by atoms with Crippen molar-refractivity contribution >= 4 is 33.5 Å². The predicted octanol–water partition coefficient (Wildman–Crippen LogP) is 6.57. The van der Waals surface area contributed by atoms with Crippen LogP contribution in [0.15, 0.2) is 67.1 Å². The van der Waals surface area contributed by atoms with E-state index in [0.29, 0.717) is 12.2 Å². The fourth-order valence-corrected chi connectivity index (χ4v) is 4.85. The van der Waals surface area contributed by atoms with Gasteiger partial charge >= 0.3 is 0 Å². The van der Waals surface area contributed by atoms with Crippen molar-refractivity contribution in [3.63, 3.8) is 0 Å². The molecular weight excluding hydrogens is 474 g/mol. The minimum atomic E-state index is 0.0365. The number of nitrogens with zero attached hydrogens (tertiary/aromatic N) is 4. The smallest absolute Gasteiger partial charge is 0.224 e. The highest BCUT2D eigenvalue weighted by Gasteiger charge is 2.16. The number of aromatic amines is 2. The van der Waals surface area contributed by atoms with E-state index in [1.54, 1.807) is 6.33 Å². The Morgan fingerprint density at radius 3 is 2.71 bits per heavy atom. The van der Waals surface area contributed by atoms with Crippen LogP contribution in [0.25, 0.3) is 50.3 Å². The van der Waals surface area contributed by atoms with Gasteiger partial charge in [-0.3, -0.25) is 9.89 Å². The van der Waals surface area contributed by atoms with Crippen LogP contribution in [0.1, 0.15) is 37.9 Å². The molecule has 0 fully saturated rings. The summed E-state index contributed by atoms with van der Waals surface area (Å²) in [5.41, 5.74) is 9.47. The van der Waals surface area contributed by atoms with Gasteiger partial charge in [0.1, 0.15) is 11.2 Å². The van der Waals surface area contributed by atoms with E-state index in [2.05, 4.69) is 50.6 Å². The zero-order valence-corrected chi connectivity index (χ0v) is 21.7. The highest BCUT2D eigenvalue weighted by atomic mass is 16.1. The van der Waals surface area contributed by atoms with E-state index in [1.807, 2.05) is 61.0 Å². The molecule has 8 nitrogen and oxygen atoms in total. The summed E-state index contributed by atoms with van der Waals surface area (Å²) in [5.74, 6) is 0.733. The lowest BCUT2D eigenvalue weighted by Gasteiger charge is -2.11. The van der Waals surface area contributed by atoms with Crippen molar-refractivity contribution in [1.82, 2.24) is 29.7 Å². The summed E-state index contributed by atoms with van der Waals surface area (Å²) in [5, 5.41) is 11.8. The number of imidazole rings is 2. The van der Waals surface area contributed by atoms with Crippen molar-refractivity contribution in [2.75, 3.05) is 5.32 Å². The zero-order valence-electron chi connectivity index (χ0n) is 21.7. The lowest BCUT2D eigenvalue weighted by atomic mass is 9.99. The molecule has 8 heteroatoms. The topological polar surface area (TPSA) is 104 Å². The van der Waals surface area contributed by atoms with E-state index in [-0.39, 0.29) is 5.91 Å². The number of aromatic nitrogens is 6. The molecule has 0 aliphatic heterocycles. The summed E-state index contributed by atoms with van der Waals surface area (Å²) in [6.45, 7) is 6.10. The van der Waals surface area contributed by atoms with Crippen molar-refractivity contribution in [2.45, 2.75) is 40.0 Å². The fraction of sp³-hybridized carbons (Fsp3) is 0.200. The molecule has 190 valence electrons. The first-order chi connectivity index (χ1) is 18.5. The third kappa shape index (κ3) is 4.34. The highest BCUT2D eigenvalue weighted by Crippen LogP contribution is 2.33. The van der Waals surface area contributed by atoms with Crippen molar-refractivity contribution in [1.29, 1.82) is 0 Å². The Kier molecular flexibility index (Phi) is 5.99. The molecule has 6 rings (SSSR count). The lowest BCUT2D eigenvalue weighted by molar-refractivity contribution is -0.116. The summed E-state index contributed by atoms with van der Waals surface area (Å²) in [6.07, 6.45) is 6.00. The van der Waals surface area contributed by atoms with E-state index in [4.69, 9.17) is 4.98 Å². The predicted molar refractivity (Wildman–Crippen MR) is 151 cm³/mol. The minimum Gasteiger partial charge on any atom is -0.336 e. The molecule has 3 aromatic heterocycles. The molecule has 0 radical (unpaired) electrons. The molecule has 0 saturated carbocycles. The summed E-state index contributed by atoms with van der Waals surface area (Å²) >= 11 is 0. The van der Waals surface area contributed by atoms with Gasteiger partial charge in [0.05, 0.1) is 28.7 Å². The van der Waals surface area contributed by atoms with Crippen LogP contribution in [-0.4, -0.2) is 35.6 Å². The molecule has 1 amide bonds. The van der Waals surface area contributed by atoms with Crippen molar-refractivity contribution in [3.8, 4) is 28.3 Å². The Labute approximate surface area is 220 Å². The number of aryl methyl sites for hydroxylation is 2. The Morgan fingerprint density at radius 2 is 1.92 bits per heavy atom. The molecule has 3 N–H and O–H groups in total. The maximum Gasteiger partial charge on any atom is 0.224 e. The number of anilines is 1. The third-order valence-corrected chi connectivity index (χ3v) is 6.76.